The topological polar surface area (TPSA) is 106 Å². The number of aromatic nitrogens is 1. The number of nitrogens with zero attached hydrogens (tertiary/aromatic N) is 3. The summed E-state index contributed by atoms with van der Waals surface area (Å²) in [7, 11) is 0. The second-order valence-electron chi connectivity index (χ2n) is 9.56. The molecule has 37 heavy (non-hydrogen) atoms. The Hall–Kier alpha value is -3.54. The van der Waals surface area contributed by atoms with E-state index in [4.69, 9.17) is 4.42 Å². The van der Waals surface area contributed by atoms with Crippen LogP contribution >= 0.6 is 0 Å². The quantitative estimate of drug-likeness (QED) is 0.306. The Kier molecular flexibility index (Phi) is 7.09. The van der Waals surface area contributed by atoms with E-state index in [1.165, 1.54) is 30.3 Å². The number of benzene rings is 2. The zero-order valence-corrected chi connectivity index (χ0v) is 20.0. The molecule has 3 atom stereocenters. The first-order valence-electron chi connectivity index (χ1n) is 12.4. The van der Waals surface area contributed by atoms with E-state index in [1.807, 2.05) is 0 Å². The van der Waals surface area contributed by atoms with E-state index in [1.54, 1.807) is 12.1 Å². The van der Waals surface area contributed by atoms with Crippen molar-refractivity contribution in [1.82, 2.24) is 10.3 Å². The van der Waals surface area contributed by atoms with Gasteiger partial charge in [-0.2, -0.15) is 4.98 Å². The number of ether oxygens (including phenoxy) is 1. The average Bonchev–Trinajstić information content (AvgIpc) is 3.26. The Balaban J connectivity index is 1.23. The maximum atomic E-state index is 12.5. The van der Waals surface area contributed by atoms with Gasteiger partial charge in [0.1, 0.15) is 11.3 Å². The van der Waals surface area contributed by atoms with Gasteiger partial charge in [0.05, 0.1) is 4.92 Å². The van der Waals surface area contributed by atoms with Gasteiger partial charge in [-0.3, -0.25) is 10.1 Å². The highest BCUT2D eigenvalue weighted by molar-refractivity contribution is 5.76. The third kappa shape index (κ3) is 6.24. The smallest absolute Gasteiger partial charge is 0.424 e. The molecule has 1 aliphatic heterocycles. The van der Waals surface area contributed by atoms with Crippen molar-refractivity contribution in [2.24, 2.45) is 0 Å². The molecule has 0 radical (unpaired) electrons. The largest absolute Gasteiger partial charge is 0.573 e. The van der Waals surface area contributed by atoms with Crippen LogP contribution in [0.5, 0.6) is 5.75 Å². The van der Waals surface area contributed by atoms with Gasteiger partial charge in [-0.05, 0) is 49.9 Å². The minimum absolute atomic E-state index is 0.0578. The third-order valence-electron chi connectivity index (χ3n) is 6.96. The number of nitro groups is 1. The number of anilines is 2. The van der Waals surface area contributed by atoms with E-state index in [9.17, 15) is 23.3 Å². The molecule has 1 saturated carbocycles. The van der Waals surface area contributed by atoms with Crippen LogP contribution in [0.15, 0.2) is 46.9 Å². The summed E-state index contributed by atoms with van der Waals surface area (Å²) in [4.78, 5) is 17.1. The highest BCUT2D eigenvalue weighted by Gasteiger charge is 2.32. The predicted octanol–water partition coefficient (Wildman–Crippen LogP) is 5.62. The maximum absolute atomic E-state index is 12.5. The molecule has 9 nitrogen and oxygen atoms in total. The molecule has 0 bridgehead atoms. The zero-order valence-electron chi connectivity index (χ0n) is 20.0. The normalized spacial score (nSPS) is 22.7. The van der Waals surface area contributed by atoms with Crippen molar-refractivity contribution >= 4 is 28.5 Å². The van der Waals surface area contributed by atoms with E-state index in [-0.39, 0.29) is 41.1 Å². The number of piperidine rings is 1. The molecule has 2 heterocycles. The summed E-state index contributed by atoms with van der Waals surface area (Å²) < 4.78 is 47.4. The van der Waals surface area contributed by atoms with Gasteiger partial charge in [0, 0.05) is 55.1 Å². The fourth-order valence-corrected chi connectivity index (χ4v) is 5.26. The number of nitro benzene ring substituents is 1. The molecule has 2 aliphatic rings. The Bertz CT molecular complexity index is 1230. The average molecular weight is 520 g/mol. The van der Waals surface area contributed by atoms with Crippen molar-refractivity contribution in [1.29, 1.82) is 0 Å². The molecule has 2 N–H and O–H groups in total. The molecule has 0 unspecified atom stereocenters. The van der Waals surface area contributed by atoms with Crippen molar-refractivity contribution in [3.63, 3.8) is 0 Å². The predicted molar refractivity (Wildman–Crippen MR) is 132 cm³/mol. The van der Waals surface area contributed by atoms with Gasteiger partial charge in [-0.1, -0.05) is 12.8 Å². The first-order chi connectivity index (χ1) is 17.7. The van der Waals surface area contributed by atoms with Crippen LogP contribution in [-0.4, -0.2) is 47.5 Å². The van der Waals surface area contributed by atoms with Crippen molar-refractivity contribution < 1.29 is 27.2 Å². The summed E-state index contributed by atoms with van der Waals surface area (Å²) in [5, 5.41) is 18.1. The lowest BCUT2D eigenvalue weighted by Gasteiger charge is -2.40. The summed E-state index contributed by atoms with van der Waals surface area (Å²) in [6.07, 6.45) is 1.31. The SMILES string of the molecule is O=[N+]([O-])c1ccc(N2CCC[C@H](N[C@@H]3CCCC[C@H]3Nc3nc4cc(OC(F)(F)F)ccc4o3)C2)cc1. The standard InChI is InChI=1S/C25H28F3N5O4/c26-25(27,28)37-19-11-12-23-22(14-19)31-24(36-23)30-21-6-2-1-5-20(21)29-16-4-3-13-32(15-16)17-7-9-18(10-8-17)33(34)35/h7-12,14,16,20-21,29H,1-6,13,15H2,(H,30,31)/t16-,20+,21+/m0/s1. The van der Waals surface area contributed by atoms with Gasteiger partial charge in [0.2, 0.25) is 0 Å². The summed E-state index contributed by atoms with van der Waals surface area (Å²) in [6.45, 7) is 1.69. The molecule has 1 aliphatic carbocycles. The van der Waals surface area contributed by atoms with Gasteiger partial charge in [0.25, 0.3) is 11.7 Å². The molecule has 1 saturated heterocycles. The maximum Gasteiger partial charge on any atom is 0.573 e. The van der Waals surface area contributed by atoms with Crippen LogP contribution < -0.4 is 20.3 Å². The molecule has 2 fully saturated rings. The molecule has 198 valence electrons. The number of hydrogen-bond acceptors (Lipinski definition) is 8. The van der Waals surface area contributed by atoms with Crippen LogP contribution in [0, 0.1) is 10.1 Å². The van der Waals surface area contributed by atoms with Crippen LogP contribution in [0.25, 0.3) is 11.1 Å². The Morgan fingerprint density at radius 3 is 2.54 bits per heavy atom. The summed E-state index contributed by atoms with van der Waals surface area (Å²) in [6, 6.07) is 11.2. The molecule has 5 rings (SSSR count). The van der Waals surface area contributed by atoms with E-state index < -0.39 is 11.3 Å². The van der Waals surface area contributed by atoms with Crippen LogP contribution in [0.1, 0.15) is 38.5 Å². The van der Waals surface area contributed by atoms with Gasteiger partial charge < -0.3 is 24.7 Å². The molecule has 12 heteroatoms. The third-order valence-corrected chi connectivity index (χ3v) is 6.96. The number of hydrogen-bond donors (Lipinski definition) is 2. The van der Waals surface area contributed by atoms with Crippen LogP contribution in [0.3, 0.4) is 0 Å². The molecular weight excluding hydrogens is 491 g/mol. The fraction of sp³-hybridized carbons (Fsp3) is 0.480. The first kappa shape index (κ1) is 25.1. The van der Waals surface area contributed by atoms with Crippen LogP contribution in [0.2, 0.25) is 0 Å². The lowest BCUT2D eigenvalue weighted by molar-refractivity contribution is -0.384. The minimum atomic E-state index is -4.77. The second kappa shape index (κ2) is 10.4. The van der Waals surface area contributed by atoms with Crippen molar-refractivity contribution in [2.45, 2.75) is 63.0 Å². The number of non-ortho nitro benzene ring substituents is 1. The number of halogens is 3. The zero-order chi connectivity index (χ0) is 26.0. The van der Waals surface area contributed by atoms with Crippen LogP contribution in [0.4, 0.5) is 30.6 Å². The highest BCUT2D eigenvalue weighted by atomic mass is 19.4. The Morgan fingerprint density at radius 1 is 1.05 bits per heavy atom. The van der Waals surface area contributed by atoms with Gasteiger partial charge >= 0.3 is 6.36 Å². The molecule has 3 aromatic rings. The van der Waals surface area contributed by atoms with Crippen molar-refractivity contribution in [3.8, 4) is 5.75 Å². The van der Waals surface area contributed by atoms with Crippen molar-refractivity contribution in [2.75, 3.05) is 23.3 Å². The summed E-state index contributed by atoms with van der Waals surface area (Å²) >= 11 is 0. The lowest BCUT2D eigenvalue weighted by Crippen LogP contribution is -2.54. The van der Waals surface area contributed by atoms with Gasteiger partial charge in [0.15, 0.2) is 5.58 Å². The molecule has 1 aromatic heterocycles. The van der Waals surface area contributed by atoms with Gasteiger partial charge in [-0.15, -0.1) is 13.2 Å². The van der Waals surface area contributed by atoms with E-state index in [2.05, 4.69) is 25.3 Å². The van der Waals surface area contributed by atoms with E-state index in [0.29, 0.717) is 5.58 Å². The monoisotopic (exact) mass is 519 g/mol. The number of nitrogens with one attached hydrogen (secondary N) is 2. The number of oxazole rings is 1. The second-order valence-corrected chi connectivity index (χ2v) is 9.56. The van der Waals surface area contributed by atoms with E-state index in [0.717, 1.165) is 57.3 Å². The lowest BCUT2D eigenvalue weighted by atomic mass is 9.89. The van der Waals surface area contributed by atoms with Crippen LogP contribution in [-0.2, 0) is 0 Å². The Morgan fingerprint density at radius 2 is 1.81 bits per heavy atom. The van der Waals surface area contributed by atoms with E-state index >= 15 is 0 Å². The Labute approximate surface area is 211 Å². The number of rotatable bonds is 7. The first-order valence-corrected chi connectivity index (χ1v) is 12.4. The number of fused-ring (bicyclic) bond motifs is 1. The minimum Gasteiger partial charge on any atom is -0.424 e. The molecule has 0 spiro atoms. The number of alkyl halides is 3. The molecular formula is C25H28F3N5O4. The summed E-state index contributed by atoms with van der Waals surface area (Å²) in [5.41, 5.74) is 1.71. The van der Waals surface area contributed by atoms with Crippen molar-refractivity contribution in [3.05, 3.63) is 52.6 Å². The highest BCUT2D eigenvalue weighted by Crippen LogP contribution is 2.30. The molecule has 2 aromatic carbocycles. The van der Waals surface area contributed by atoms with Gasteiger partial charge in [-0.25, -0.2) is 0 Å². The molecule has 0 amide bonds. The fourth-order valence-electron chi connectivity index (χ4n) is 5.26. The summed E-state index contributed by atoms with van der Waals surface area (Å²) in [5.74, 6) is -0.341.